The zero-order valence-electron chi connectivity index (χ0n) is 11.1. The molecule has 0 aliphatic carbocycles. The molecule has 0 aliphatic rings. The van der Waals surface area contributed by atoms with Gasteiger partial charge in [-0.3, -0.25) is 0 Å². The lowest BCUT2D eigenvalue weighted by Crippen LogP contribution is -1.88. The predicted molar refractivity (Wildman–Crippen MR) is 38.9 cm³/mol. The Morgan fingerprint density at radius 3 is 2.50 bits per heavy atom. The van der Waals surface area contributed by atoms with Crippen LogP contribution in [-0.2, 0) is 6.42 Å². The summed E-state index contributed by atoms with van der Waals surface area (Å²) in [6.45, 7) is -2.62. The number of hydrogen-bond acceptors (Lipinski definition) is 2. The van der Waals surface area contributed by atoms with Crippen LogP contribution in [0, 0.1) is 0 Å². The SMILES string of the molecule is [2H]c1c([2H])c(CC([2H])([2H])O)c([2H])c([2H])c1O. The maximum absolute atomic E-state index is 9.22. The molecule has 2 heteroatoms. The highest BCUT2D eigenvalue weighted by Crippen LogP contribution is 2.09. The topological polar surface area (TPSA) is 40.5 Å². The Kier molecular flexibility index (Phi) is 0.822. The highest BCUT2D eigenvalue weighted by atomic mass is 16.3. The number of benzene rings is 1. The van der Waals surface area contributed by atoms with Gasteiger partial charge in [0.15, 0.2) is 0 Å². The van der Waals surface area contributed by atoms with Crippen molar-refractivity contribution in [3.63, 3.8) is 0 Å². The number of aromatic hydroxyl groups is 1. The Labute approximate surface area is 68.2 Å². The molecule has 0 aliphatic heterocycles. The fraction of sp³-hybridized carbons (Fsp3) is 0.250. The van der Waals surface area contributed by atoms with E-state index in [-0.39, 0.29) is 5.56 Å². The molecule has 0 saturated carbocycles. The van der Waals surface area contributed by atoms with Crippen LogP contribution in [-0.4, -0.2) is 16.8 Å². The summed E-state index contributed by atoms with van der Waals surface area (Å²) in [6, 6.07) is -2.37. The first-order valence-electron chi connectivity index (χ1n) is 5.65. The van der Waals surface area contributed by atoms with Gasteiger partial charge >= 0.3 is 0 Å². The molecule has 0 aromatic heterocycles. The van der Waals surface area contributed by atoms with E-state index in [9.17, 15) is 5.11 Å². The molecule has 0 unspecified atom stereocenters. The molecule has 0 saturated heterocycles. The van der Waals surface area contributed by atoms with E-state index in [1.807, 2.05) is 0 Å². The van der Waals surface area contributed by atoms with Crippen LogP contribution in [0.25, 0.3) is 0 Å². The monoisotopic (exact) mass is 144 g/mol. The third-order valence-electron chi connectivity index (χ3n) is 0.919. The fourth-order valence-electron chi connectivity index (χ4n) is 0.499. The maximum atomic E-state index is 9.22. The molecule has 0 amide bonds. The molecular weight excluding hydrogens is 128 g/mol. The van der Waals surface area contributed by atoms with E-state index in [1.54, 1.807) is 0 Å². The fourth-order valence-corrected chi connectivity index (χ4v) is 0.499. The molecule has 2 N–H and O–H groups in total. The molecule has 0 fully saturated rings. The second kappa shape index (κ2) is 3.22. The van der Waals surface area contributed by atoms with E-state index in [0.717, 1.165) is 0 Å². The highest BCUT2D eigenvalue weighted by molar-refractivity contribution is 5.25. The zero-order valence-corrected chi connectivity index (χ0v) is 5.10. The van der Waals surface area contributed by atoms with Crippen molar-refractivity contribution in [1.29, 1.82) is 0 Å². The van der Waals surface area contributed by atoms with Gasteiger partial charge in [-0.2, -0.15) is 0 Å². The highest BCUT2D eigenvalue weighted by Gasteiger charge is 1.90. The van der Waals surface area contributed by atoms with Gasteiger partial charge in [-0.1, -0.05) is 12.1 Å². The number of aliphatic hydroxyl groups is 1. The molecule has 0 spiro atoms. The predicted octanol–water partition coefficient (Wildman–Crippen LogP) is 0.927. The summed E-state index contributed by atoms with van der Waals surface area (Å²) in [5.74, 6) is -0.780. The molecule has 2 nitrogen and oxygen atoms in total. The summed E-state index contributed by atoms with van der Waals surface area (Å²) >= 11 is 0. The van der Waals surface area contributed by atoms with Crippen LogP contribution >= 0.6 is 0 Å². The van der Waals surface area contributed by atoms with Crippen molar-refractivity contribution >= 4 is 0 Å². The van der Waals surface area contributed by atoms with Crippen LogP contribution in [0.4, 0.5) is 0 Å². The van der Waals surface area contributed by atoms with Gasteiger partial charge in [0, 0.05) is 6.56 Å². The third kappa shape index (κ3) is 1.74. The molecule has 0 heterocycles. The van der Waals surface area contributed by atoms with Gasteiger partial charge in [0.05, 0.1) is 8.22 Å². The minimum atomic E-state index is -2.62. The standard InChI is InChI=1S/C8H10O2/c9-6-5-7-1-3-8(10)4-2-7/h1-4,9-10H,5-6H2/i1D,2D,3D,4D,6D2. The molecule has 1 rings (SSSR count). The van der Waals surface area contributed by atoms with E-state index in [4.69, 9.17) is 13.3 Å². The first-order valence-corrected chi connectivity index (χ1v) is 2.65. The smallest absolute Gasteiger partial charge is 0.115 e. The average Bonchev–Trinajstić information content (AvgIpc) is 2.17. The molecular formula is C8H10O2. The number of phenolic OH excluding ortho intramolecular Hbond substituents is 1. The van der Waals surface area contributed by atoms with Gasteiger partial charge in [0.2, 0.25) is 0 Å². The summed E-state index contributed by atoms with van der Waals surface area (Å²) in [5.41, 5.74) is -0.264. The summed E-state index contributed by atoms with van der Waals surface area (Å²) in [5, 5.41) is 18.2. The van der Waals surface area contributed by atoms with Crippen LogP contribution in [0.15, 0.2) is 24.2 Å². The molecule has 10 heavy (non-hydrogen) atoms. The van der Waals surface area contributed by atoms with Crippen molar-refractivity contribution in [1.82, 2.24) is 0 Å². The lowest BCUT2D eigenvalue weighted by molar-refractivity contribution is 0.299. The summed E-state index contributed by atoms with van der Waals surface area (Å²) in [7, 11) is 0. The average molecular weight is 144 g/mol. The van der Waals surface area contributed by atoms with Crippen LogP contribution < -0.4 is 0 Å². The summed E-state index contributed by atoms with van der Waals surface area (Å²) in [6.07, 6.45) is -0.664. The van der Waals surface area contributed by atoms with Crippen molar-refractivity contribution in [3.05, 3.63) is 29.7 Å². The third-order valence-corrected chi connectivity index (χ3v) is 0.919. The van der Waals surface area contributed by atoms with E-state index < -0.39 is 42.9 Å². The van der Waals surface area contributed by atoms with E-state index >= 15 is 0 Å². The van der Waals surface area contributed by atoms with Gasteiger partial charge in [-0.15, -0.1) is 0 Å². The van der Waals surface area contributed by atoms with Gasteiger partial charge in [0.25, 0.3) is 0 Å². The molecule has 0 atom stereocenters. The minimum Gasteiger partial charge on any atom is -0.508 e. The Bertz CT molecular complexity index is 397. The lowest BCUT2D eigenvalue weighted by Gasteiger charge is -1.96. The Balaban J connectivity index is 3.40. The van der Waals surface area contributed by atoms with Crippen LogP contribution in [0.1, 0.15) is 13.8 Å². The zero-order chi connectivity index (χ0) is 12.7. The molecule has 0 bridgehead atoms. The molecule has 0 radical (unpaired) electrons. The first-order chi connectivity index (χ1) is 7.15. The van der Waals surface area contributed by atoms with E-state index in [2.05, 4.69) is 0 Å². The molecule has 54 valence electrons. The van der Waals surface area contributed by atoms with Crippen LogP contribution in [0.5, 0.6) is 5.75 Å². The van der Waals surface area contributed by atoms with Crippen LogP contribution in [0.3, 0.4) is 0 Å². The molecule has 1 aromatic rings. The summed E-state index contributed by atoms with van der Waals surface area (Å²) < 4.78 is 43.3. The van der Waals surface area contributed by atoms with Crippen molar-refractivity contribution in [2.75, 3.05) is 6.56 Å². The van der Waals surface area contributed by atoms with Crippen molar-refractivity contribution in [3.8, 4) is 5.75 Å². The quantitative estimate of drug-likeness (QED) is 0.648. The molecule has 1 aromatic carbocycles. The van der Waals surface area contributed by atoms with Gasteiger partial charge in [-0.25, -0.2) is 0 Å². The van der Waals surface area contributed by atoms with Gasteiger partial charge < -0.3 is 10.2 Å². The van der Waals surface area contributed by atoms with Crippen LogP contribution in [0.2, 0.25) is 0 Å². The normalized spacial score (nSPS) is 19.7. The first kappa shape index (κ1) is 2.55. The maximum Gasteiger partial charge on any atom is 0.115 e. The van der Waals surface area contributed by atoms with Gasteiger partial charge in [0.1, 0.15) is 5.75 Å². The van der Waals surface area contributed by atoms with Gasteiger partial charge in [-0.05, 0) is 24.1 Å². The Morgan fingerprint density at radius 1 is 1.40 bits per heavy atom. The largest absolute Gasteiger partial charge is 0.508 e. The Morgan fingerprint density at radius 2 is 2.00 bits per heavy atom. The number of rotatable bonds is 2. The number of hydrogen-bond donors (Lipinski definition) is 2. The Hall–Kier alpha value is -1.02. The van der Waals surface area contributed by atoms with E-state index in [1.165, 1.54) is 0 Å². The lowest BCUT2D eigenvalue weighted by atomic mass is 10.2. The second-order valence-corrected chi connectivity index (χ2v) is 1.66. The van der Waals surface area contributed by atoms with Crippen molar-refractivity contribution in [2.24, 2.45) is 0 Å². The summed E-state index contributed by atoms with van der Waals surface area (Å²) in [4.78, 5) is 0. The second-order valence-electron chi connectivity index (χ2n) is 1.66. The van der Waals surface area contributed by atoms with Crippen molar-refractivity contribution in [2.45, 2.75) is 6.42 Å². The van der Waals surface area contributed by atoms with E-state index in [0.29, 0.717) is 0 Å². The minimum absolute atomic E-state index is 0.264. The number of phenols is 1. The van der Waals surface area contributed by atoms with Crippen molar-refractivity contribution < 1.29 is 18.4 Å².